The number of amides is 1. The molecule has 0 saturated carbocycles. The van der Waals surface area contributed by atoms with Crippen LogP contribution in [0.1, 0.15) is 37.7 Å². The van der Waals surface area contributed by atoms with Gasteiger partial charge in [0, 0.05) is 24.2 Å². The van der Waals surface area contributed by atoms with Crippen LogP contribution >= 0.6 is 0 Å². The molecule has 1 N–H and O–H groups in total. The van der Waals surface area contributed by atoms with E-state index in [-0.39, 0.29) is 11.5 Å². The summed E-state index contributed by atoms with van der Waals surface area (Å²) in [6, 6.07) is 10.3. The molecule has 8 heteroatoms. The molecule has 1 unspecified atom stereocenters. The molecule has 0 aliphatic carbocycles. The lowest BCUT2D eigenvalue weighted by atomic mass is 10.1. The van der Waals surface area contributed by atoms with E-state index in [2.05, 4.69) is 10.4 Å². The Morgan fingerprint density at radius 1 is 1.23 bits per heavy atom. The molecule has 0 radical (unpaired) electrons. The minimum atomic E-state index is -0.721. The molecule has 0 aliphatic rings. The number of aromatic nitrogens is 3. The molecule has 1 aromatic carbocycles. The van der Waals surface area contributed by atoms with Crippen molar-refractivity contribution in [1.82, 2.24) is 19.5 Å². The highest BCUT2D eigenvalue weighted by molar-refractivity contribution is 5.83. The molecule has 4 rings (SSSR count). The second kappa shape index (κ2) is 8.06. The lowest BCUT2D eigenvalue weighted by Gasteiger charge is -2.18. The Bertz CT molecular complexity index is 1270. The molecular formula is C22H24N4O4. The van der Waals surface area contributed by atoms with Crippen molar-refractivity contribution >= 4 is 22.5 Å². The maximum absolute atomic E-state index is 13.1. The Morgan fingerprint density at radius 2 is 2.03 bits per heavy atom. The second-order valence-electron chi connectivity index (χ2n) is 7.01. The van der Waals surface area contributed by atoms with Crippen LogP contribution in [0, 0.1) is 6.92 Å². The van der Waals surface area contributed by atoms with E-state index in [0.717, 1.165) is 16.8 Å². The Labute approximate surface area is 173 Å². The van der Waals surface area contributed by atoms with Gasteiger partial charge in [-0.15, -0.1) is 0 Å². The second-order valence-corrected chi connectivity index (χ2v) is 7.01. The standard InChI is InChI=1S/C22H24N4O4/c1-4-16(21(27)23-13-15-8-6-7-9-19(15)29-5-2)26-22(28)18-12-20-17(10-11-30-20)25(18)14(3)24-26/h6-12,16H,4-5,13H2,1-3H3,(H,23,27). The summed E-state index contributed by atoms with van der Waals surface area (Å²) in [5.74, 6) is 1.07. The zero-order valence-electron chi connectivity index (χ0n) is 17.2. The summed E-state index contributed by atoms with van der Waals surface area (Å²) in [7, 11) is 0. The van der Waals surface area contributed by atoms with Crippen LogP contribution in [0.25, 0.3) is 16.6 Å². The average Bonchev–Trinajstić information content (AvgIpc) is 3.33. The Balaban J connectivity index is 1.64. The van der Waals surface area contributed by atoms with Crippen LogP contribution in [0.15, 0.2) is 51.9 Å². The number of nitrogens with one attached hydrogen (secondary N) is 1. The van der Waals surface area contributed by atoms with E-state index in [1.165, 1.54) is 4.68 Å². The van der Waals surface area contributed by atoms with Crippen molar-refractivity contribution in [3.05, 3.63) is 64.4 Å². The zero-order valence-corrected chi connectivity index (χ0v) is 17.2. The van der Waals surface area contributed by atoms with Gasteiger partial charge in [0.1, 0.15) is 23.1 Å². The van der Waals surface area contributed by atoms with Crippen LogP contribution < -0.4 is 15.6 Å². The molecule has 3 aromatic heterocycles. The number of furan rings is 1. The molecule has 30 heavy (non-hydrogen) atoms. The van der Waals surface area contributed by atoms with Gasteiger partial charge in [-0.05, 0) is 26.3 Å². The Kier molecular flexibility index (Phi) is 5.31. The first kappa shape index (κ1) is 19.8. The number of carbonyl (C=O) groups excluding carboxylic acids is 1. The van der Waals surface area contributed by atoms with E-state index in [1.807, 2.05) is 38.1 Å². The summed E-state index contributed by atoms with van der Waals surface area (Å²) in [5.41, 5.74) is 2.37. The molecule has 4 aromatic rings. The van der Waals surface area contributed by atoms with Crippen molar-refractivity contribution < 1.29 is 13.9 Å². The highest BCUT2D eigenvalue weighted by atomic mass is 16.5. The number of nitrogens with zero attached hydrogens (tertiary/aromatic N) is 3. The first-order valence-electron chi connectivity index (χ1n) is 10.0. The lowest BCUT2D eigenvalue weighted by Crippen LogP contribution is -2.39. The van der Waals surface area contributed by atoms with Gasteiger partial charge in [0.2, 0.25) is 5.91 Å². The number of benzene rings is 1. The number of ether oxygens (including phenoxy) is 1. The normalized spacial score (nSPS) is 12.4. The molecule has 3 heterocycles. The predicted octanol–water partition coefficient (Wildman–Crippen LogP) is 3.22. The summed E-state index contributed by atoms with van der Waals surface area (Å²) < 4.78 is 14.1. The van der Waals surface area contributed by atoms with E-state index < -0.39 is 6.04 Å². The van der Waals surface area contributed by atoms with Crippen LogP contribution in [-0.2, 0) is 11.3 Å². The summed E-state index contributed by atoms with van der Waals surface area (Å²) >= 11 is 0. The predicted molar refractivity (Wildman–Crippen MR) is 113 cm³/mol. The van der Waals surface area contributed by atoms with Crippen LogP contribution in [0.5, 0.6) is 5.75 Å². The maximum Gasteiger partial charge on any atom is 0.291 e. The highest BCUT2D eigenvalue weighted by Crippen LogP contribution is 2.21. The molecule has 0 saturated heterocycles. The van der Waals surface area contributed by atoms with Crippen molar-refractivity contribution in [2.24, 2.45) is 0 Å². The van der Waals surface area contributed by atoms with Gasteiger partial charge in [-0.2, -0.15) is 5.10 Å². The van der Waals surface area contributed by atoms with Gasteiger partial charge >= 0.3 is 0 Å². The van der Waals surface area contributed by atoms with Crippen LogP contribution in [-0.4, -0.2) is 26.7 Å². The Hall–Kier alpha value is -3.55. The van der Waals surface area contributed by atoms with E-state index in [4.69, 9.17) is 9.15 Å². The van der Waals surface area contributed by atoms with Crippen LogP contribution in [0.4, 0.5) is 0 Å². The first-order valence-corrected chi connectivity index (χ1v) is 10.0. The van der Waals surface area contributed by atoms with Gasteiger partial charge in [0.15, 0.2) is 5.58 Å². The minimum absolute atomic E-state index is 0.266. The summed E-state index contributed by atoms with van der Waals surface area (Å²) in [5, 5.41) is 7.36. The molecule has 0 spiro atoms. The number of hydrogen-bond acceptors (Lipinski definition) is 5. The van der Waals surface area contributed by atoms with E-state index in [0.29, 0.717) is 36.5 Å². The smallest absolute Gasteiger partial charge is 0.291 e. The summed E-state index contributed by atoms with van der Waals surface area (Å²) in [4.78, 5) is 26.1. The quantitative estimate of drug-likeness (QED) is 0.507. The number of para-hydroxylation sites is 1. The third-order valence-electron chi connectivity index (χ3n) is 5.14. The SMILES string of the molecule is CCOc1ccccc1CNC(=O)C(CC)n1nc(C)n2c(cc3occc32)c1=O. The number of aryl methyl sites for hydroxylation is 1. The van der Waals surface area contributed by atoms with E-state index in [1.54, 1.807) is 29.7 Å². The number of fused-ring (bicyclic) bond motifs is 3. The van der Waals surface area contributed by atoms with Gasteiger partial charge in [-0.3, -0.25) is 14.0 Å². The molecule has 0 aliphatic heterocycles. The largest absolute Gasteiger partial charge is 0.494 e. The van der Waals surface area contributed by atoms with Crippen molar-refractivity contribution in [2.45, 2.75) is 39.8 Å². The molecule has 1 atom stereocenters. The average molecular weight is 408 g/mol. The van der Waals surface area contributed by atoms with Gasteiger partial charge in [-0.1, -0.05) is 25.1 Å². The summed E-state index contributed by atoms with van der Waals surface area (Å²) in [6.07, 6.45) is 2.00. The van der Waals surface area contributed by atoms with Crippen molar-refractivity contribution in [3.63, 3.8) is 0 Å². The number of carbonyl (C=O) groups is 1. The molecule has 1 amide bonds. The first-order chi connectivity index (χ1) is 14.5. The fourth-order valence-electron chi connectivity index (χ4n) is 3.72. The van der Waals surface area contributed by atoms with Crippen molar-refractivity contribution in [1.29, 1.82) is 0 Å². The number of rotatable bonds is 7. The topological polar surface area (TPSA) is 90.8 Å². The van der Waals surface area contributed by atoms with Gasteiger partial charge in [0.25, 0.3) is 5.56 Å². The van der Waals surface area contributed by atoms with Gasteiger partial charge < -0.3 is 14.5 Å². The Morgan fingerprint density at radius 3 is 2.80 bits per heavy atom. The fraction of sp³-hybridized carbons (Fsp3) is 0.318. The van der Waals surface area contributed by atoms with Crippen molar-refractivity contribution in [3.8, 4) is 5.75 Å². The monoisotopic (exact) mass is 408 g/mol. The van der Waals surface area contributed by atoms with Crippen LogP contribution in [0.3, 0.4) is 0 Å². The van der Waals surface area contributed by atoms with E-state index in [9.17, 15) is 9.59 Å². The fourth-order valence-corrected chi connectivity index (χ4v) is 3.72. The third-order valence-corrected chi connectivity index (χ3v) is 5.14. The summed E-state index contributed by atoms with van der Waals surface area (Å²) in [6.45, 7) is 6.42. The van der Waals surface area contributed by atoms with Crippen molar-refractivity contribution in [2.75, 3.05) is 6.61 Å². The molecular weight excluding hydrogens is 384 g/mol. The minimum Gasteiger partial charge on any atom is -0.494 e. The highest BCUT2D eigenvalue weighted by Gasteiger charge is 2.24. The van der Waals surface area contributed by atoms with Crippen LogP contribution in [0.2, 0.25) is 0 Å². The van der Waals surface area contributed by atoms with Gasteiger partial charge in [0.05, 0.1) is 18.4 Å². The molecule has 8 nitrogen and oxygen atoms in total. The third kappa shape index (κ3) is 3.34. The zero-order chi connectivity index (χ0) is 21.3. The lowest BCUT2D eigenvalue weighted by molar-refractivity contribution is -0.125. The molecule has 156 valence electrons. The molecule has 0 fully saturated rings. The number of hydrogen-bond donors (Lipinski definition) is 1. The molecule has 0 bridgehead atoms. The van der Waals surface area contributed by atoms with Gasteiger partial charge in [-0.25, -0.2) is 4.68 Å². The van der Waals surface area contributed by atoms with E-state index >= 15 is 0 Å². The maximum atomic E-state index is 13.1.